The molecule has 0 aliphatic carbocycles. The number of carboxylic acids is 1. The largest absolute Gasteiger partial charge is 0.481 e. The van der Waals surface area contributed by atoms with Crippen LogP contribution in [0.25, 0.3) is 0 Å². The van der Waals surface area contributed by atoms with Crippen LogP contribution < -0.4 is 4.90 Å². The van der Waals surface area contributed by atoms with E-state index in [1.54, 1.807) is 0 Å². The quantitative estimate of drug-likeness (QED) is 0.879. The average Bonchev–Trinajstić information content (AvgIpc) is 2.61. The summed E-state index contributed by atoms with van der Waals surface area (Å²) in [5.41, 5.74) is 1.20. The summed E-state index contributed by atoms with van der Waals surface area (Å²) >= 11 is 0. The normalized spacial score (nSPS) is 26.5. The van der Waals surface area contributed by atoms with Crippen molar-refractivity contribution in [3.05, 3.63) is 24.5 Å². The van der Waals surface area contributed by atoms with Crippen molar-refractivity contribution in [1.82, 2.24) is 14.8 Å². The number of pyridine rings is 1. The number of aromatic nitrogens is 1. The van der Waals surface area contributed by atoms with Gasteiger partial charge in [-0.2, -0.15) is 0 Å². The zero-order valence-corrected chi connectivity index (χ0v) is 14.5. The first kappa shape index (κ1) is 17.2. The van der Waals surface area contributed by atoms with Crippen LogP contribution in [0.2, 0.25) is 0 Å². The predicted octanol–water partition coefficient (Wildman–Crippen LogP) is 1.39. The molecule has 2 unspecified atom stereocenters. The Hall–Kier alpha value is -1.66. The van der Waals surface area contributed by atoms with Gasteiger partial charge in [0.05, 0.1) is 0 Å². The summed E-state index contributed by atoms with van der Waals surface area (Å²) in [5.74, 6) is -0.278. The van der Waals surface area contributed by atoms with Crippen LogP contribution >= 0.6 is 0 Å². The lowest BCUT2D eigenvalue weighted by Crippen LogP contribution is -2.56. The molecule has 24 heavy (non-hydrogen) atoms. The number of aliphatic carboxylic acids is 1. The monoisotopic (exact) mass is 332 g/mol. The molecule has 6 nitrogen and oxygen atoms in total. The Kier molecular flexibility index (Phi) is 5.68. The Labute approximate surface area is 144 Å². The Morgan fingerprint density at radius 1 is 1.21 bits per heavy atom. The number of likely N-dealkylation sites (N-methyl/N-ethyl adjacent to an activating group) is 1. The molecule has 132 valence electrons. The molecule has 0 amide bonds. The highest BCUT2D eigenvalue weighted by atomic mass is 16.4. The van der Waals surface area contributed by atoms with Gasteiger partial charge in [0, 0.05) is 69.8 Å². The molecule has 2 aliphatic rings. The molecule has 3 heterocycles. The number of nitrogens with zero attached hydrogens (tertiary/aromatic N) is 4. The summed E-state index contributed by atoms with van der Waals surface area (Å²) in [4.78, 5) is 22.5. The highest BCUT2D eigenvalue weighted by Crippen LogP contribution is 2.29. The third-order valence-electron chi connectivity index (χ3n) is 5.46. The molecule has 2 atom stereocenters. The van der Waals surface area contributed by atoms with Crippen molar-refractivity contribution in [1.29, 1.82) is 0 Å². The van der Waals surface area contributed by atoms with E-state index in [4.69, 9.17) is 5.11 Å². The van der Waals surface area contributed by atoms with E-state index in [9.17, 15) is 4.79 Å². The molecular formula is C18H28N4O2. The number of carbonyl (C=O) groups is 1. The summed E-state index contributed by atoms with van der Waals surface area (Å²) in [5, 5.41) is 9.12. The number of piperazine rings is 1. The van der Waals surface area contributed by atoms with Gasteiger partial charge in [0.1, 0.15) is 0 Å². The summed E-state index contributed by atoms with van der Waals surface area (Å²) in [6.07, 6.45) is 5.78. The van der Waals surface area contributed by atoms with Crippen molar-refractivity contribution < 1.29 is 9.90 Å². The topological polar surface area (TPSA) is 59.9 Å². The lowest BCUT2D eigenvalue weighted by Gasteiger charge is -2.47. The van der Waals surface area contributed by atoms with Crippen LogP contribution in [-0.2, 0) is 4.79 Å². The van der Waals surface area contributed by atoms with Gasteiger partial charge in [-0.1, -0.05) is 0 Å². The molecular weight excluding hydrogens is 304 g/mol. The standard InChI is InChI=1S/C18H28N4O2/c1-20-10-12-21(13-11-20)17-6-9-22(16-4-7-19-8-5-16)14-15(17)2-3-18(23)24/h4-5,7-8,15,17H,2-3,6,9-14H2,1H3,(H,23,24). The minimum absolute atomic E-state index is 0.263. The fourth-order valence-corrected chi connectivity index (χ4v) is 4.04. The van der Waals surface area contributed by atoms with E-state index in [2.05, 4.69) is 26.7 Å². The predicted molar refractivity (Wildman–Crippen MR) is 94.3 cm³/mol. The van der Waals surface area contributed by atoms with Crippen molar-refractivity contribution in [2.24, 2.45) is 5.92 Å². The number of piperidine rings is 1. The van der Waals surface area contributed by atoms with Gasteiger partial charge in [-0.05, 0) is 37.9 Å². The molecule has 0 radical (unpaired) electrons. The second-order valence-corrected chi connectivity index (χ2v) is 7.04. The maximum atomic E-state index is 11.1. The lowest BCUT2D eigenvalue weighted by atomic mass is 9.86. The van der Waals surface area contributed by atoms with Gasteiger partial charge in [-0.25, -0.2) is 0 Å². The second kappa shape index (κ2) is 7.94. The van der Waals surface area contributed by atoms with E-state index < -0.39 is 5.97 Å². The van der Waals surface area contributed by atoms with E-state index in [0.29, 0.717) is 12.0 Å². The van der Waals surface area contributed by atoms with Crippen molar-refractivity contribution in [3.63, 3.8) is 0 Å². The van der Waals surface area contributed by atoms with Gasteiger partial charge in [0.2, 0.25) is 0 Å². The fourth-order valence-electron chi connectivity index (χ4n) is 4.04. The molecule has 6 heteroatoms. The number of hydrogen-bond donors (Lipinski definition) is 1. The molecule has 0 spiro atoms. The molecule has 1 aromatic heterocycles. The van der Waals surface area contributed by atoms with Gasteiger partial charge in [0.25, 0.3) is 0 Å². The smallest absolute Gasteiger partial charge is 0.303 e. The summed E-state index contributed by atoms with van der Waals surface area (Å²) in [6, 6.07) is 4.60. The average molecular weight is 332 g/mol. The van der Waals surface area contributed by atoms with Crippen molar-refractivity contribution >= 4 is 11.7 Å². The molecule has 0 saturated carbocycles. The van der Waals surface area contributed by atoms with Gasteiger partial charge in [-0.3, -0.25) is 14.7 Å². The van der Waals surface area contributed by atoms with E-state index in [0.717, 1.165) is 52.1 Å². The SMILES string of the molecule is CN1CCN(C2CCN(c3ccncc3)CC2CCC(=O)O)CC1. The molecule has 2 fully saturated rings. The molecule has 3 rings (SSSR count). The van der Waals surface area contributed by atoms with Crippen molar-refractivity contribution in [3.8, 4) is 0 Å². The van der Waals surface area contributed by atoms with Crippen LogP contribution in [0.15, 0.2) is 24.5 Å². The van der Waals surface area contributed by atoms with Gasteiger partial charge < -0.3 is 14.9 Å². The molecule has 0 bridgehead atoms. The van der Waals surface area contributed by atoms with Gasteiger partial charge >= 0.3 is 5.97 Å². The Balaban J connectivity index is 1.68. The first-order valence-corrected chi connectivity index (χ1v) is 8.93. The zero-order chi connectivity index (χ0) is 16.9. The number of rotatable bonds is 5. The third-order valence-corrected chi connectivity index (χ3v) is 5.46. The Morgan fingerprint density at radius 3 is 2.58 bits per heavy atom. The molecule has 0 aromatic carbocycles. The van der Waals surface area contributed by atoms with Crippen LogP contribution in [0.4, 0.5) is 5.69 Å². The van der Waals surface area contributed by atoms with Crippen molar-refractivity contribution in [2.45, 2.75) is 25.3 Å². The van der Waals surface area contributed by atoms with Gasteiger partial charge in [-0.15, -0.1) is 0 Å². The van der Waals surface area contributed by atoms with E-state index in [1.807, 2.05) is 24.5 Å². The fraction of sp³-hybridized carbons (Fsp3) is 0.667. The van der Waals surface area contributed by atoms with Crippen LogP contribution in [0.1, 0.15) is 19.3 Å². The first-order chi connectivity index (χ1) is 11.6. The highest BCUT2D eigenvalue weighted by molar-refractivity contribution is 5.66. The van der Waals surface area contributed by atoms with Crippen LogP contribution in [-0.4, -0.2) is 78.2 Å². The van der Waals surface area contributed by atoms with Crippen LogP contribution in [0, 0.1) is 5.92 Å². The highest BCUT2D eigenvalue weighted by Gasteiger charge is 2.34. The number of anilines is 1. The molecule has 1 N–H and O–H groups in total. The summed E-state index contributed by atoms with van der Waals surface area (Å²) in [6.45, 7) is 6.38. The van der Waals surface area contributed by atoms with Crippen molar-refractivity contribution in [2.75, 3.05) is 51.2 Å². The van der Waals surface area contributed by atoms with Crippen LogP contribution in [0.3, 0.4) is 0 Å². The lowest BCUT2D eigenvalue weighted by molar-refractivity contribution is -0.137. The molecule has 2 aliphatic heterocycles. The maximum Gasteiger partial charge on any atom is 0.303 e. The summed E-state index contributed by atoms with van der Waals surface area (Å²) < 4.78 is 0. The molecule has 1 aromatic rings. The Morgan fingerprint density at radius 2 is 1.92 bits per heavy atom. The van der Waals surface area contributed by atoms with Gasteiger partial charge in [0.15, 0.2) is 0 Å². The van der Waals surface area contributed by atoms with E-state index in [-0.39, 0.29) is 6.42 Å². The van der Waals surface area contributed by atoms with E-state index >= 15 is 0 Å². The van der Waals surface area contributed by atoms with E-state index in [1.165, 1.54) is 5.69 Å². The third kappa shape index (κ3) is 4.24. The minimum atomic E-state index is -0.687. The number of hydrogen-bond acceptors (Lipinski definition) is 5. The summed E-state index contributed by atoms with van der Waals surface area (Å²) in [7, 11) is 2.17. The zero-order valence-electron chi connectivity index (χ0n) is 14.5. The first-order valence-electron chi connectivity index (χ1n) is 8.93. The molecule has 2 saturated heterocycles. The second-order valence-electron chi connectivity index (χ2n) is 7.04. The minimum Gasteiger partial charge on any atom is -0.481 e. The van der Waals surface area contributed by atoms with Crippen LogP contribution in [0.5, 0.6) is 0 Å². The number of carboxylic acid groups (broad SMARTS) is 1. The maximum absolute atomic E-state index is 11.1. The Bertz CT molecular complexity index is 531.